The zero-order valence-corrected chi connectivity index (χ0v) is 10.1. The van der Waals surface area contributed by atoms with E-state index in [1.54, 1.807) is 0 Å². The Kier molecular flexibility index (Phi) is 5.49. The maximum Gasteiger partial charge on any atom is 0.00162 e. The van der Waals surface area contributed by atoms with Gasteiger partial charge in [-0.25, -0.2) is 0 Å². The molecule has 1 aliphatic rings. The number of nitrogens with one attached hydrogen (secondary N) is 1. The number of hydrogen-bond donors (Lipinski definition) is 1. The number of rotatable bonds is 6. The van der Waals surface area contributed by atoms with Crippen molar-refractivity contribution in [3.8, 4) is 0 Å². The van der Waals surface area contributed by atoms with Crippen LogP contribution >= 0.6 is 0 Å². The lowest BCUT2D eigenvalue weighted by atomic mass is 10.1. The molecule has 1 aliphatic carbocycles. The Bertz CT molecular complexity index is 141. The standard InChI is InChI=1S/C12H26N2/c1-11(8-13-2)9-14(3)10-12-6-4-5-7-12/h11-13H,4-10H2,1-3H3. The first-order chi connectivity index (χ1) is 6.72. The quantitative estimate of drug-likeness (QED) is 0.702. The van der Waals surface area contributed by atoms with E-state index in [1.807, 2.05) is 7.05 Å². The third-order valence-electron chi connectivity index (χ3n) is 3.22. The minimum Gasteiger partial charge on any atom is -0.319 e. The van der Waals surface area contributed by atoms with Gasteiger partial charge in [0.05, 0.1) is 0 Å². The molecule has 1 rings (SSSR count). The van der Waals surface area contributed by atoms with Crippen molar-refractivity contribution >= 4 is 0 Å². The molecule has 0 bridgehead atoms. The summed E-state index contributed by atoms with van der Waals surface area (Å²) in [6.07, 6.45) is 5.85. The fraction of sp³-hybridized carbons (Fsp3) is 1.00. The fourth-order valence-corrected chi connectivity index (χ4v) is 2.65. The van der Waals surface area contributed by atoms with Crippen molar-refractivity contribution in [2.24, 2.45) is 11.8 Å². The lowest BCUT2D eigenvalue weighted by Gasteiger charge is -2.24. The van der Waals surface area contributed by atoms with Gasteiger partial charge in [-0.3, -0.25) is 0 Å². The minimum atomic E-state index is 0.770. The fourth-order valence-electron chi connectivity index (χ4n) is 2.65. The van der Waals surface area contributed by atoms with E-state index >= 15 is 0 Å². The van der Waals surface area contributed by atoms with Crippen molar-refractivity contribution in [1.82, 2.24) is 10.2 Å². The highest BCUT2D eigenvalue weighted by molar-refractivity contribution is 4.71. The van der Waals surface area contributed by atoms with E-state index in [-0.39, 0.29) is 0 Å². The summed E-state index contributed by atoms with van der Waals surface area (Å²) in [6, 6.07) is 0. The van der Waals surface area contributed by atoms with Crippen LogP contribution in [0.2, 0.25) is 0 Å². The highest BCUT2D eigenvalue weighted by atomic mass is 15.1. The average Bonchev–Trinajstić information content (AvgIpc) is 2.56. The SMILES string of the molecule is CNCC(C)CN(C)CC1CCCC1. The third kappa shape index (κ3) is 4.43. The van der Waals surface area contributed by atoms with E-state index in [2.05, 4.69) is 24.2 Å². The Morgan fingerprint density at radius 3 is 2.57 bits per heavy atom. The molecular formula is C12H26N2. The molecule has 1 N–H and O–H groups in total. The van der Waals surface area contributed by atoms with Gasteiger partial charge in [-0.2, -0.15) is 0 Å². The molecule has 0 aromatic carbocycles. The van der Waals surface area contributed by atoms with Crippen molar-refractivity contribution in [2.75, 3.05) is 33.7 Å². The smallest absolute Gasteiger partial charge is 0.00162 e. The zero-order chi connectivity index (χ0) is 10.4. The summed E-state index contributed by atoms with van der Waals surface area (Å²) < 4.78 is 0. The van der Waals surface area contributed by atoms with Crippen LogP contribution in [0, 0.1) is 11.8 Å². The van der Waals surface area contributed by atoms with Crippen molar-refractivity contribution < 1.29 is 0 Å². The van der Waals surface area contributed by atoms with Gasteiger partial charge in [-0.1, -0.05) is 19.8 Å². The molecule has 0 amide bonds. The van der Waals surface area contributed by atoms with Gasteiger partial charge in [0.25, 0.3) is 0 Å². The average molecular weight is 198 g/mol. The van der Waals surface area contributed by atoms with Crippen LogP contribution in [0.4, 0.5) is 0 Å². The summed E-state index contributed by atoms with van der Waals surface area (Å²) in [7, 11) is 4.30. The Balaban J connectivity index is 2.10. The lowest BCUT2D eigenvalue weighted by molar-refractivity contribution is 0.243. The molecule has 1 saturated carbocycles. The van der Waals surface area contributed by atoms with Gasteiger partial charge in [-0.05, 0) is 45.3 Å². The molecule has 0 radical (unpaired) electrons. The van der Waals surface area contributed by atoms with Gasteiger partial charge >= 0.3 is 0 Å². The van der Waals surface area contributed by atoms with Gasteiger partial charge < -0.3 is 10.2 Å². The number of nitrogens with zero attached hydrogens (tertiary/aromatic N) is 1. The van der Waals surface area contributed by atoms with Crippen LogP contribution in [0.25, 0.3) is 0 Å². The number of hydrogen-bond acceptors (Lipinski definition) is 2. The third-order valence-corrected chi connectivity index (χ3v) is 3.22. The molecule has 0 aliphatic heterocycles. The first-order valence-corrected chi connectivity index (χ1v) is 6.05. The maximum atomic E-state index is 3.24. The summed E-state index contributed by atoms with van der Waals surface area (Å²) in [5, 5.41) is 3.24. The van der Waals surface area contributed by atoms with Crippen LogP contribution in [0.5, 0.6) is 0 Å². The topological polar surface area (TPSA) is 15.3 Å². The molecular weight excluding hydrogens is 172 g/mol. The minimum absolute atomic E-state index is 0.770. The van der Waals surface area contributed by atoms with Crippen LogP contribution in [0.3, 0.4) is 0 Å². The van der Waals surface area contributed by atoms with Crippen LogP contribution < -0.4 is 5.32 Å². The lowest BCUT2D eigenvalue weighted by Crippen LogP contribution is -2.32. The normalized spacial score (nSPS) is 20.6. The molecule has 1 unspecified atom stereocenters. The highest BCUT2D eigenvalue weighted by Crippen LogP contribution is 2.25. The summed E-state index contributed by atoms with van der Waals surface area (Å²) >= 11 is 0. The largest absolute Gasteiger partial charge is 0.319 e. The molecule has 2 heteroatoms. The maximum absolute atomic E-state index is 3.24. The van der Waals surface area contributed by atoms with Gasteiger partial charge in [0, 0.05) is 13.1 Å². The molecule has 0 aromatic heterocycles. The molecule has 2 nitrogen and oxygen atoms in total. The molecule has 0 aromatic rings. The van der Waals surface area contributed by atoms with E-state index in [4.69, 9.17) is 0 Å². The van der Waals surface area contributed by atoms with Crippen molar-refractivity contribution in [1.29, 1.82) is 0 Å². The Morgan fingerprint density at radius 2 is 2.00 bits per heavy atom. The van der Waals surface area contributed by atoms with Crippen LogP contribution in [-0.4, -0.2) is 38.6 Å². The van der Waals surface area contributed by atoms with Crippen molar-refractivity contribution in [3.63, 3.8) is 0 Å². The predicted molar refractivity (Wildman–Crippen MR) is 62.5 cm³/mol. The van der Waals surface area contributed by atoms with E-state index in [1.165, 1.54) is 38.8 Å². The van der Waals surface area contributed by atoms with Gasteiger partial charge in [0.2, 0.25) is 0 Å². The predicted octanol–water partition coefficient (Wildman–Crippen LogP) is 1.96. The van der Waals surface area contributed by atoms with Crippen LogP contribution in [-0.2, 0) is 0 Å². The Hall–Kier alpha value is -0.0800. The summed E-state index contributed by atoms with van der Waals surface area (Å²) in [6.45, 7) is 6.00. The zero-order valence-electron chi connectivity index (χ0n) is 10.1. The van der Waals surface area contributed by atoms with Gasteiger partial charge in [0.1, 0.15) is 0 Å². The van der Waals surface area contributed by atoms with E-state index in [0.29, 0.717) is 0 Å². The Morgan fingerprint density at radius 1 is 1.36 bits per heavy atom. The van der Waals surface area contributed by atoms with Crippen LogP contribution in [0.15, 0.2) is 0 Å². The summed E-state index contributed by atoms with van der Waals surface area (Å²) in [4.78, 5) is 2.51. The first kappa shape index (κ1) is 12.0. The molecule has 84 valence electrons. The van der Waals surface area contributed by atoms with Gasteiger partial charge in [0.15, 0.2) is 0 Å². The molecule has 14 heavy (non-hydrogen) atoms. The molecule has 0 spiro atoms. The second-order valence-corrected chi connectivity index (χ2v) is 5.03. The molecule has 0 heterocycles. The Labute approximate surface area is 89.1 Å². The second kappa shape index (κ2) is 6.41. The monoisotopic (exact) mass is 198 g/mol. The van der Waals surface area contributed by atoms with Gasteiger partial charge in [-0.15, -0.1) is 0 Å². The van der Waals surface area contributed by atoms with Crippen molar-refractivity contribution in [3.05, 3.63) is 0 Å². The first-order valence-electron chi connectivity index (χ1n) is 6.05. The van der Waals surface area contributed by atoms with E-state index in [0.717, 1.165) is 18.4 Å². The molecule has 1 fully saturated rings. The van der Waals surface area contributed by atoms with Crippen molar-refractivity contribution in [2.45, 2.75) is 32.6 Å². The molecule has 1 atom stereocenters. The van der Waals surface area contributed by atoms with Crippen LogP contribution in [0.1, 0.15) is 32.6 Å². The summed E-state index contributed by atoms with van der Waals surface area (Å²) in [5.41, 5.74) is 0. The summed E-state index contributed by atoms with van der Waals surface area (Å²) in [5.74, 6) is 1.76. The highest BCUT2D eigenvalue weighted by Gasteiger charge is 2.17. The van der Waals surface area contributed by atoms with E-state index in [9.17, 15) is 0 Å². The van der Waals surface area contributed by atoms with E-state index < -0.39 is 0 Å². The molecule has 0 saturated heterocycles. The second-order valence-electron chi connectivity index (χ2n) is 5.03.